The van der Waals surface area contributed by atoms with Gasteiger partial charge < -0.3 is 0 Å². The quantitative estimate of drug-likeness (QED) is 0.534. The van der Waals surface area contributed by atoms with Crippen molar-refractivity contribution in [3.63, 3.8) is 0 Å². The average Bonchev–Trinajstić information content (AvgIpc) is 1.93. The second kappa shape index (κ2) is 2.20. The molecule has 1 heteroatoms. The lowest BCUT2D eigenvalue weighted by atomic mass is 9.47. The topological polar surface area (TPSA) is 0 Å². The SMILES string of the molecule is C=C1C2(C)C[C@@]3(C)C[C@@](C)(C2)C[N+]1(C)C3. The standard InChI is InChI=1S/C14H24N/c1-11-14(4)7-12(2)6-13(3,8-14)10-15(11,5)9-12/h1,6-10H2,2-5H3/q+1/t12-,13+,14?,15?. The Kier molecular flexibility index (Phi) is 1.45. The Bertz CT molecular complexity index is 308. The van der Waals surface area contributed by atoms with Crippen LogP contribution >= 0.6 is 0 Å². The van der Waals surface area contributed by atoms with E-state index < -0.39 is 0 Å². The van der Waals surface area contributed by atoms with Gasteiger partial charge in [-0.3, -0.25) is 4.48 Å². The second-order valence-electron chi connectivity index (χ2n) is 7.87. The van der Waals surface area contributed by atoms with Crippen LogP contribution in [0, 0.1) is 16.2 Å². The van der Waals surface area contributed by atoms with Gasteiger partial charge in [0.2, 0.25) is 0 Å². The molecule has 3 aliphatic heterocycles. The maximum atomic E-state index is 4.43. The van der Waals surface area contributed by atoms with Gasteiger partial charge in [0.1, 0.15) is 5.70 Å². The third-order valence-electron chi connectivity index (χ3n) is 5.30. The van der Waals surface area contributed by atoms with Gasteiger partial charge >= 0.3 is 0 Å². The first-order valence-corrected chi connectivity index (χ1v) is 6.24. The fraction of sp³-hybridized carbons (Fsp3) is 0.857. The summed E-state index contributed by atoms with van der Waals surface area (Å²) in [5.41, 5.74) is 3.09. The molecule has 4 rings (SSSR count). The van der Waals surface area contributed by atoms with E-state index in [1.54, 1.807) is 0 Å². The molecule has 1 aliphatic carbocycles. The highest BCUT2D eigenvalue weighted by atomic mass is 15.4. The molecule has 4 bridgehead atoms. The Labute approximate surface area is 93.7 Å². The number of allylic oxidation sites excluding steroid dienone is 1. The number of quaternary nitrogens is 1. The van der Waals surface area contributed by atoms with Crippen LogP contribution in [0.4, 0.5) is 0 Å². The number of rotatable bonds is 0. The van der Waals surface area contributed by atoms with Crippen LogP contribution in [0.25, 0.3) is 0 Å². The first-order valence-electron chi connectivity index (χ1n) is 6.24. The van der Waals surface area contributed by atoms with Crippen molar-refractivity contribution in [2.75, 3.05) is 20.1 Å². The highest BCUT2D eigenvalue weighted by Crippen LogP contribution is 2.67. The number of nitrogens with zero attached hydrogens (tertiary/aromatic N) is 1. The Balaban J connectivity index is 2.16. The molecule has 2 unspecified atom stereocenters. The minimum absolute atomic E-state index is 0.424. The molecule has 0 spiro atoms. The Morgan fingerprint density at radius 3 is 1.87 bits per heavy atom. The first-order chi connectivity index (χ1) is 6.69. The minimum Gasteiger partial charge on any atom is -0.296 e. The summed E-state index contributed by atoms with van der Waals surface area (Å²) in [6, 6.07) is 0. The van der Waals surface area contributed by atoms with Crippen molar-refractivity contribution in [2.45, 2.75) is 40.0 Å². The van der Waals surface area contributed by atoms with Crippen LogP contribution < -0.4 is 0 Å². The van der Waals surface area contributed by atoms with Gasteiger partial charge in [-0.15, -0.1) is 0 Å². The average molecular weight is 206 g/mol. The van der Waals surface area contributed by atoms with E-state index in [-0.39, 0.29) is 0 Å². The lowest BCUT2D eigenvalue weighted by Crippen LogP contribution is -2.71. The lowest BCUT2D eigenvalue weighted by Gasteiger charge is -2.68. The summed E-state index contributed by atoms with van der Waals surface area (Å²) in [7, 11) is 2.41. The van der Waals surface area contributed by atoms with Crippen LogP contribution in [0.2, 0.25) is 0 Å². The molecule has 0 aromatic rings. The third kappa shape index (κ3) is 1.08. The molecule has 4 atom stereocenters. The van der Waals surface area contributed by atoms with Crippen LogP contribution in [0.15, 0.2) is 12.3 Å². The van der Waals surface area contributed by atoms with Crippen molar-refractivity contribution >= 4 is 0 Å². The molecule has 0 amide bonds. The van der Waals surface area contributed by atoms with Crippen LogP contribution in [0.5, 0.6) is 0 Å². The second-order valence-corrected chi connectivity index (χ2v) is 7.87. The van der Waals surface area contributed by atoms with Gasteiger partial charge in [-0.2, -0.15) is 0 Å². The molecular formula is C14H24N+. The maximum absolute atomic E-state index is 4.43. The predicted molar refractivity (Wildman–Crippen MR) is 63.2 cm³/mol. The summed E-state index contributed by atoms with van der Waals surface area (Å²) >= 11 is 0. The zero-order chi connectivity index (χ0) is 11.1. The molecule has 84 valence electrons. The van der Waals surface area contributed by atoms with Crippen LogP contribution in [-0.2, 0) is 0 Å². The fourth-order valence-electron chi connectivity index (χ4n) is 6.11. The fourth-order valence-corrected chi connectivity index (χ4v) is 6.11. The van der Waals surface area contributed by atoms with E-state index in [0.29, 0.717) is 16.2 Å². The van der Waals surface area contributed by atoms with Gasteiger partial charge in [0.05, 0.1) is 20.1 Å². The van der Waals surface area contributed by atoms with E-state index in [2.05, 4.69) is 34.4 Å². The van der Waals surface area contributed by atoms with Gasteiger partial charge in [0.15, 0.2) is 0 Å². The van der Waals surface area contributed by atoms with E-state index in [1.807, 2.05) is 0 Å². The van der Waals surface area contributed by atoms with Crippen molar-refractivity contribution in [1.29, 1.82) is 0 Å². The van der Waals surface area contributed by atoms with Gasteiger partial charge in [0.25, 0.3) is 0 Å². The zero-order valence-electron chi connectivity index (χ0n) is 10.7. The van der Waals surface area contributed by atoms with E-state index in [0.717, 1.165) is 4.48 Å². The summed E-state index contributed by atoms with van der Waals surface area (Å²) in [5.74, 6) is 0. The third-order valence-corrected chi connectivity index (χ3v) is 5.30. The Morgan fingerprint density at radius 2 is 1.47 bits per heavy atom. The molecule has 0 aromatic carbocycles. The molecule has 15 heavy (non-hydrogen) atoms. The lowest BCUT2D eigenvalue weighted by molar-refractivity contribution is -0.913. The van der Waals surface area contributed by atoms with Crippen molar-refractivity contribution in [3.8, 4) is 0 Å². The largest absolute Gasteiger partial charge is 0.296 e. The molecule has 1 nitrogen and oxygen atoms in total. The van der Waals surface area contributed by atoms with Gasteiger partial charge in [-0.25, -0.2) is 0 Å². The van der Waals surface area contributed by atoms with Gasteiger partial charge in [0, 0.05) is 16.2 Å². The number of hydrogen-bond acceptors (Lipinski definition) is 0. The normalized spacial score (nSPS) is 62.5. The predicted octanol–water partition coefficient (Wildman–Crippen LogP) is 3.18. The van der Waals surface area contributed by atoms with Crippen molar-refractivity contribution < 1.29 is 4.48 Å². The molecule has 4 fully saturated rings. The smallest absolute Gasteiger partial charge is 0.107 e. The maximum Gasteiger partial charge on any atom is 0.107 e. The monoisotopic (exact) mass is 206 g/mol. The van der Waals surface area contributed by atoms with Crippen LogP contribution in [-0.4, -0.2) is 24.6 Å². The Morgan fingerprint density at radius 1 is 1.00 bits per heavy atom. The Hall–Kier alpha value is -0.300. The van der Waals surface area contributed by atoms with Gasteiger partial charge in [-0.05, 0) is 25.8 Å². The first kappa shape index (κ1) is 9.89. The summed E-state index contributed by atoms with van der Waals surface area (Å²) in [6.07, 6.45) is 4.20. The highest BCUT2D eigenvalue weighted by molar-refractivity contribution is 5.17. The van der Waals surface area contributed by atoms with Crippen molar-refractivity contribution in [1.82, 2.24) is 0 Å². The molecule has 0 N–H and O–H groups in total. The molecule has 0 radical (unpaired) electrons. The number of piperidine rings is 3. The summed E-state index contributed by atoms with van der Waals surface area (Å²) in [5, 5.41) is 0. The van der Waals surface area contributed by atoms with Crippen molar-refractivity contribution in [2.24, 2.45) is 16.2 Å². The van der Waals surface area contributed by atoms with E-state index in [4.69, 9.17) is 0 Å². The van der Waals surface area contributed by atoms with Crippen LogP contribution in [0.3, 0.4) is 0 Å². The highest BCUT2D eigenvalue weighted by Gasteiger charge is 2.66. The van der Waals surface area contributed by atoms with Crippen molar-refractivity contribution in [3.05, 3.63) is 12.3 Å². The minimum atomic E-state index is 0.424. The van der Waals surface area contributed by atoms with Crippen LogP contribution in [0.1, 0.15) is 40.0 Å². The number of hydrogen-bond donors (Lipinski definition) is 0. The van der Waals surface area contributed by atoms with E-state index in [1.165, 1.54) is 38.0 Å². The molecule has 0 aromatic heterocycles. The van der Waals surface area contributed by atoms with E-state index in [9.17, 15) is 0 Å². The molecule has 4 aliphatic rings. The summed E-state index contributed by atoms with van der Waals surface area (Å²) < 4.78 is 1.16. The molecular weight excluding hydrogens is 182 g/mol. The molecule has 1 saturated carbocycles. The van der Waals surface area contributed by atoms with E-state index >= 15 is 0 Å². The molecule has 3 saturated heterocycles. The van der Waals surface area contributed by atoms with Gasteiger partial charge in [-0.1, -0.05) is 20.8 Å². The zero-order valence-corrected chi connectivity index (χ0v) is 10.7. The summed E-state index contributed by atoms with van der Waals surface area (Å²) in [4.78, 5) is 0. The molecule has 3 heterocycles. The summed E-state index contributed by atoms with van der Waals surface area (Å²) in [6.45, 7) is 14.6.